The molecule has 0 aliphatic heterocycles. The maximum atomic E-state index is 11.9. The number of nitrogens with one attached hydrogen (secondary N) is 2. The Morgan fingerprint density at radius 3 is 2.39 bits per heavy atom. The molecule has 18 heavy (non-hydrogen) atoms. The molecule has 104 valence electrons. The van der Waals surface area contributed by atoms with Crippen LogP contribution in [0.2, 0.25) is 0 Å². The second-order valence-electron chi connectivity index (χ2n) is 5.54. The fourth-order valence-corrected chi connectivity index (χ4v) is 2.01. The van der Waals surface area contributed by atoms with Crippen LogP contribution < -0.4 is 16.4 Å². The third kappa shape index (κ3) is 3.98. The van der Waals surface area contributed by atoms with Gasteiger partial charge in [0, 0.05) is 26.1 Å². The molecule has 0 saturated heterocycles. The van der Waals surface area contributed by atoms with Gasteiger partial charge >= 0.3 is 0 Å². The SMILES string of the molecule is CC(C)CNC(=O)CCNC(=O)C1(CN)CCC1. The zero-order valence-corrected chi connectivity index (χ0v) is 11.4. The van der Waals surface area contributed by atoms with Gasteiger partial charge in [-0.3, -0.25) is 9.59 Å². The summed E-state index contributed by atoms with van der Waals surface area (Å²) >= 11 is 0. The van der Waals surface area contributed by atoms with Gasteiger partial charge in [-0.25, -0.2) is 0 Å². The lowest BCUT2D eigenvalue weighted by atomic mass is 9.68. The highest BCUT2D eigenvalue weighted by Crippen LogP contribution is 2.39. The summed E-state index contributed by atoms with van der Waals surface area (Å²) in [5, 5.41) is 5.64. The third-order valence-corrected chi connectivity index (χ3v) is 3.53. The topological polar surface area (TPSA) is 84.2 Å². The van der Waals surface area contributed by atoms with Crippen LogP contribution in [0.4, 0.5) is 0 Å². The largest absolute Gasteiger partial charge is 0.356 e. The van der Waals surface area contributed by atoms with Crippen molar-refractivity contribution in [3.63, 3.8) is 0 Å². The standard InChI is InChI=1S/C13H25N3O2/c1-10(2)8-16-11(17)4-7-15-12(18)13(9-14)5-3-6-13/h10H,3-9,14H2,1-2H3,(H,15,18)(H,16,17). The minimum atomic E-state index is -0.353. The van der Waals surface area contributed by atoms with Crippen LogP contribution in [0, 0.1) is 11.3 Å². The maximum absolute atomic E-state index is 11.9. The summed E-state index contributed by atoms with van der Waals surface area (Å²) in [5.74, 6) is 0.436. The normalized spacial score (nSPS) is 17.1. The number of hydrogen-bond donors (Lipinski definition) is 3. The number of carbonyl (C=O) groups excluding carboxylic acids is 2. The number of hydrogen-bond acceptors (Lipinski definition) is 3. The van der Waals surface area contributed by atoms with E-state index in [2.05, 4.69) is 10.6 Å². The lowest BCUT2D eigenvalue weighted by Gasteiger charge is -2.39. The van der Waals surface area contributed by atoms with Crippen LogP contribution in [-0.2, 0) is 9.59 Å². The molecule has 2 amide bonds. The van der Waals surface area contributed by atoms with Crippen LogP contribution in [0.15, 0.2) is 0 Å². The first-order valence-corrected chi connectivity index (χ1v) is 6.75. The van der Waals surface area contributed by atoms with Crippen molar-refractivity contribution < 1.29 is 9.59 Å². The molecule has 0 bridgehead atoms. The van der Waals surface area contributed by atoms with Crippen molar-refractivity contribution in [3.8, 4) is 0 Å². The van der Waals surface area contributed by atoms with Crippen LogP contribution in [0.25, 0.3) is 0 Å². The lowest BCUT2D eigenvalue weighted by Crippen LogP contribution is -2.50. The van der Waals surface area contributed by atoms with E-state index in [1.807, 2.05) is 13.8 Å². The Balaban J connectivity index is 2.17. The van der Waals surface area contributed by atoms with Crippen molar-refractivity contribution in [1.29, 1.82) is 0 Å². The molecular weight excluding hydrogens is 230 g/mol. The molecule has 5 heteroatoms. The van der Waals surface area contributed by atoms with Gasteiger partial charge in [-0.05, 0) is 18.8 Å². The van der Waals surface area contributed by atoms with Crippen molar-refractivity contribution in [1.82, 2.24) is 10.6 Å². The quantitative estimate of drug-likeness (QED) is 0.615. The minimum absolute atomic E-state index is 0.00732. The van der Waals surface area contributed by atoms with E-state index in [9.17, 15) is 9.59 Å². The van der Waals surface area contributed by atoms with Crippen LogP contribution in [0.3, 0.4) is 0 Å². The summed E-state index contributed by atoms with van der Waals surface area (Å²) in [7, 11) is 0. The summed E-state index contributed by atoms with van der Waals surface area (Å²) in [6, 6.07) is 0. The van der Waals surface area contributed by atoms with Gasteiger partial charge < -0.3 is 16.4 Å². The van der Waals surface area contributed by atoms with E-state index in [1.54, 1.807) is 0 Å². The van der Waals surface area contributed by atoms with Crippen molar-refractivity contribution in [3.05, 3.63) is 0 Å². The summed E-state index contributed by atoms with van der Waals surface area (Å²) in [5.41, 5.74) is 5.29. The lowest BCUT2D eigenvalue weighted by molar-refractivity contribution is -0.135. The van der Waals surface area contributed by atoms with Crippen molar-refractivity contribution >= 4 is 11.8 Å². The van der Waals surface area contributed by atoms with Gasteiger partial charge in [0.15, 0.2) is 0 Å². The summed E-state index contributed by atoms with van der Waals surface area (Å²) in [6.07, 6.45) is 3.14. The van der Waals surface area contributed by atoms with Gasteiger partial charge in [0.2, 0.25) is 11.8 Å². The Morgan fingerprint density at radius 1 is 1.28 bits per heavy atom. The zero-order valence-electron chi connectivity index (χ0n) is 11.4. The molecule has 0 atom stereocenters. The summed E-state index contributed by atoms with van der Waals surface area (Å²) < 4.78 is 0. The first kappa shape index (κ1) is 15.0. The molecule has 0 spiro atoms. The van der Waals surface area contributed by atoms with Gasteiger partial charge in [0.25, 0.3) is 0 Å². The fraction of sp³-hybridized carbons (Fsp3) is 0.846. The molecule has 4 N–H and O–H groups in total. The van der Waals surface area contributed by atoms with Crippen LogP contribution in [-0.4, -0.2) is 31.4 Å². The molecule has 1 aliphatic rings. The van der Waals surface area contributed by atoms with E-state index in [4.69, 9.17) is 5.73 Å². The number of amides is 2. The first-order chi connectivity index (χ1) is 8.50. The second-order valence-corrected chi connectivity index (χ2v) is 5.54. The van der Waals surface area contributed by atoms with Crippen molar-refractivity contribution in [2.24, 2.45) is 17.1 Å². The van der Waals surface area contributed by atoms with E-state index in [-0.39, 0.29) is 17.2 Å². The monoisotopic (exact) mass is 255 g/mol. The smallest absolute Gasteiger partial charge is 0.227 e. The van der Waals surface area contributed by atoms with Crippen molar-refractivity contribution in [2.75, 3.05) is 19.6 Å². The average Bonchev–Trinajstić information content (AvgIpc) is 2.25. The molecule has 0 aromatic heterocycles. The first-order valence-electron chi connectivity index (χ1n) is 6.75. The molecule has 1 saturated carbocycles. The van der Waals surface area contributed by atoms with Crippen molar-refractivity contribution in [2.45, 2.75) is 39.5 Å². The fourth-order valence-electron chi connectivity index (χ4n) is 2.01. The minimum Gasteiger partial charge on any atom is -0.356 e. The summed E-state index contributed by atoms with van der Waals surface area (Å²) in [6.45, 7) is 5.57. The molecule has 0 radical (unpaired) electrons. The highest BCUT2D eigenvalue weighted by atomic mass is 16.2. The zero-order chi connectivity index (χ0) is 13.6. The van der Waals surface area contributed by atoms with E-state index in [1.165, 1.54) is 0 Å². The van der Waals surface area contributed by atoms with Crippen LogP contribution in [0.5, 0.6) is 0 Å². The number of carbonyl (C=O) groups is 2. The van der Waals surface area contributed by atoms with Gasteiger partial charge in [-0.15, -0.1) is 0 Å². The predicted molar refractivity (Wildman–Crippen MR) is 70.8 cm³/mol. The Hall–Kier alpha value is -1.10. The summed E-state index contributed by atoms with van der Waals surface area (Å²) in [4.78, 5) is 23.3. The number of nitrogens with two attached hydrogens (primary N) is 1. The van der Waals surface area contributed by atoms with E-state index in [0.29, 0.717) is 32.0 Å². The second kappa shape index (κ2) is 6.73. The third-order valence-electron chi connectivity index (χ3n) is 3.53. The molecule has 0 aromatic carbocycles. The Bertz CT molecular complexity index is 293. The highest BCUT2D eigenvalue weighted by Gasteiger charge is 2.42. The van der Waals surface area contributed by atoms with Gasteiger partial charge in [0.05, 0.1) is 5.41 Å². The average molecular weight is 255 g/mol. The van der Waals surface area contributed by atoms with E-state index >= 15 is 0 Å². The molecule has 1 rings (SSSR count). The Morgan fingerprint density at radius 2 is 1.94 bits per heavy atom. The van der Waals surface area contributed by atoms with E-state index in [0.717, 1.165) is 19.3 Å². The Kier molecular flexibility index (Phi) is 5.59. The molecular formula is C13H25N3O2. The van der Waals surface area contributed by atoms with Gasteiger partial charge in [-0.2, -0.15) is 0 Å². The Labute approximate surface area is 109 Å². The van der Waals surface area contributed by atoms with Gasteiger partial charge in [-0.1, -0.05) is 20.3 Å². The number of rotatable bonds is 7. The molecule has 0 unspecified atom stereocenters. The highest BCUT2D eigenvalue weighted by molar-refractivity contribution is 5.84. The van der Waals surface area contributed by atoms with Crippen LogP contribution in [0.1, 0.15) is 39.5 Å². The van der Waals surface area contributed by atoms with Gasteiger partial charge in [0.1, 0.15) is 0 Å². The van der Waals surface area contributed by atoms with Crippen LogP contribution >= 0.6 is 0 Å². The molecule has 1 fully saturated rings. The molecule has 0 aromatic rings. The predicted octanol–water partition coefficient (Wildman–Crippen LogP) is 0.394. The maximum Gasteiger partial charge on any atom is 0.227 e. The molecule has 1 aliphatic carbocycles. The van der Waals surface area contributed by atoms with E-state index < -0.39 is 0 Å². The molecule has 0 heterocycles. The molecule has 5 nitrogen and oxygen atoms in total.